The highest BCUT2D eigenvalue weighted by Gasteiger charge is 2.16. The van der Waals surface area contributed by atoms with E-state index in [1.165, 1.54) is 12.5 Å². The molecule has 0 aromatic heterocycles. The summed E-state index contributed by atoms with van der Waals surface area (Å²) in [4.78, 5) is 26.2. The van der Waals surface area contributed by atoms with Crippen LogP contribution in [0.2, 0.25) is 0 Å². The molecule has 0 spiro atoms. The number of benzene rings is 2. The lowest BCUT2D eigenvalue weighted by atomic mass is 10.1. The number of hydrogen-bond donors (Lipinski definition) is 1. The van der Waals surface area contributed by atoms with E-state index in [1.54, 1.807) is 18.2 Å². The lowest BCUT2D eigenvalue weighted by Crippen LogP contribution is -2.37. The summed E-state index contributed by atoms with van der Waals surface area (Å²) in [5, 5.41) is 2.86. The van der Waals surface area contributed by atoms with Gasteiger partial charge in [-0.05, 0) is 38.5 Å². The standard InChI is InChI=1S/C20H24N2O2/c1-15(2)22(13-17-9-5-4-6-10-17)14-20(24)21-19-12-8-7-11-18(19)16(3)23/h4-12,15H,13-14H2,1-3H3,(H,21,24). The monoisotopic (exact) mass is 324 g/mol. The number of amides is 1. The lowest BCUT2D eigenvalue weighted by Gasteiger charge is -2.26. The van der Waals surface area contributed by atoms with Gasteiger partial charge < -0.3 is 5.32 Å². The van der Waals surface area contributed by atoms with Gasteiger partial charge in [-0.15, -0.1) is 0 Å². The molecule has 0 unspecified atom stereocenters. The molecule has 0 aliphatic rings. The lowest BCUT2D eigenvalue weighted by molar-refractivity contribution is -0.117. The maximum Gasteiger partial charge on any atom is 0.238 e. The SMILES string of the molecule is CC(=O)c1ccccc1NC(=O)CN(Cc1ccccc1)C(C)C. The Kier molecular flexibility index (Phi) is 6.27. The molecule has 0 fully saturated rings. The third-order valence-corrected chi connectivity index (χ3v) is 3.89. The third-order valence-electron chi connectivity index (χ3n) is 3.89. The Morgan fingerprint density at radius 2 is 1.62 bits per heavy atom. The summed E-state index contributed by atoms with van der Waals surface area (Å²) in [5.74, 6) is -0.177. The molecule has 0 heterocycles. The van der Waals surface area contributed by atoms with Gasteiger partial charge >= 0.3 is 0 Å². The van der Waals surface area contributed by atoms with E-state index in [4.69, 9.17) is 0 Å². The summed E-state index contributed by atoms with van der Waals surface area (Å²) in [7, 11) is 0. The molecular weight excluding hydrogens is 300 g/mol. The van der Waals surface area contributed by atoms with E-state index in [-0.39, 0.29) is 24.3 Å². The van der Waals surface area contributed by atoms with Gasteiger partial charge in [0, 0.05) is 18.2 Å². The van der Waals surface area contributed by atoms with E-state index in [1.807, 2.05) is 24.3 Å². The number of carbonyl (C=O) groups excluding carboxylic acids is 2. The van der Waals surface area contributed by atoms with E-state index in [2.05, 4.69) is 36.2 Å². The molecule has 0 atom stereocenters. The summed E-state index contributed by atoms with van der Waals surface area (Å²) < 4.78 is 0. The predicted octanol–water partition coefficient (Wildman–Crippen LogP) is 3.74. The van der Waals surface area contributed by atoms with Crippen LogP contribution in [0.25, 0.3) is 0 Å². The van der Waals surface area contributed by atoms with E-state index >= 15 is 0 Å². The zero-order valence-electron chi connectivity index (χ0n) is 14.5. The number of rotatable bonds is 7. The maximum atomic E-state index is 12.4. The van der Waals surface area contributed by atoms with Crippen LogP contribution < -0.4 is 5.32 Å². The van der Waals surface area contributed by atoms with Crippen LogP contribution in [0.1, 0.15) is 36.7 Å². The Morgan fingerprint density at radius 1 is 1.00 bits per heavy atom. The van der Waals surface area contributed by atoms with E-state index in [0.717, 1.165) is 0 Å². The highest BCUT2D eigenvalue weighted by atomic mass is 16.2. The predicted molar refractivity (Wildman–Crippen MR) is 97.1 cm³/mol. The van der Waals surface area contributed by atoms with Crippen molar-refractivity contribution in [2.75, 3.05) is 11.9 Å². The molecule has 0 saturated heterocycles. The number of Topliss-reactive ketones (excluding diaryl/α,β-unsaturated/α-hetero) is 1. The molecule has 2 aromatic carbocycles. The quantitative estimate of drug-likeness (QED) is 0.789. The molecule has 0 saturated carbocycles. The Balaban J connectivity index is 2.05. The first-order valence-electron chi connectivity index (χ1n) is 8.15. The van der Waals surface area contributed by atoms with Gasteiger partial charge in [0.15, 0.2) is 5.78 Å². The number of nitrogens with zero attached hydrogens (tertiary/aromatic N) is 1. The van der Waals surface area contributed by atoms with Crippen molar-refractivity contribution in [2.24, 2.45) is 0 Å². The number of ketones is 1. The van der Waals surface area contributed by atoms with Gasteiger partial charge in [-0.2, -0.15) is 0 Å². The number of anilines is 1. The van der Waals surface area contributed by atoms with E-state index in [0.29, 0.717) is 17.8 Å². The zero-order valence-corrected chi connectivity index (χ0v) is 14.5. The van der Waals surface area contributed by atoms with Crippen molar-refractivity contribution < 1.29 is 9.59 Å². The van der Waals surface area contributed by atoms with E-state index in [9.17, 15) is 9.59 Å². The summed E-state index contributed by atoms with van der Waals surface area (Å²) in [6.45, 7) is 6.62. The topological polar surface area (TPSA) is 49.4 Å². The molecule has 0 aliphatic heterocycles. The molecular formula is C20H24N2O2. The molecule has 24 heavy (non-hydrogen) atoms. The minimum atomic E-state index is -0.117. The smallest absolute Gasteiger partial charge is 0.238 e. The summed E-state index contributed by atoms with van der Waals surface area (Å²) in [6, 6.07) is 17.4. The van der Waals surface area contributed by atoms with E-state index < -0.39 is 0 Å². The molecule has 0 bridgehead atoms. The first kappa shape index (κ1) is 17.9. The van der Waals surface area contributed by atoms with Crippen molar-refractivity contribution in [3.05, 3.63) is 65.7 Å². The minimum Gasteiger partial charge on any atom is -0.324 e. The van der Waals surface area contributed by atoms with Crippen molar-refractivity contribution in [2.45, 2.75) is 33.4 Å². The fourth-order valence-electron chi connectivity index (χ4n) is 2.51. The summed E-state index contributed by atoms with van der Waals surface area (Å²) >= 11 is 0. The van der Waals surface area contributed by atoms with Crippen LogP contribution in [0.3, 0.4) is 0 Å². The average molecular weight is 324 g/mol. The summed E-state index contributed by atoms with van der Waals surface area (Å²) in [6.07, 6.45) is 0. The molecule has 0 aliphatic carbocycles. The average Bonchev–Trinajstić information content (AvgIpc) is 2.55. The van der Waals surface area contributed by atoms with Gasteiger partial charge in [-0.1, -0.05) is 42.5 Å². The highest BCUT2D eigenvalue weighted by molar-refractivity contribution is 6.04. The fraction of sp³-hybridized carbons (Fsp3) is 0.300. The van der Waals surface area contributed by atoms with Crippen LogP contribution >= 0.6 is 0 Å². The molecule has 4 nitrogen and oxygen atoms in total. The largest absolute Gasteiger partial charge is 0.324 e. The molecule has 2 rings (SSSR count). The van der Waals surface area contributed by atoms with Crippen molar-refractivity contribution in [3.8, 4) is 0 Å². The second-order valence-electron chi connectivity index (χ2n) is 6.13. The van der Waals surface area contributed by atoms with Gasteiger partial charge in [0.25, 0.3) is 0 Å². The Bertz CT molecular complexity index is 696. The first-order chi connectivity index (χ1) is 11.5. The summed E-state index contributed by atoms with van der Waals surface area (Å²) in [5.41, 5.74) is 2.27. The Labute approximate surface area is 143 Å². The molecule has 4 heteroatoms. The van der Waals surface area contributed by atoms with Crippen LogP contribution in [0.15, 0.2) is 54.6 Å². The molecule has 2 aromatic rings. The van der Waals surface area contributed by atoms with Crippen LogP contribution in [-0.2, 0) is 11.3 Å². The van der Waals surface area contributed by atoms with Crippen molar-refractivity contribution in [1.29, 1.82) is 0 Å². The van der Waals surface area contributed by atoms with Gasteiger partial charge in [0.2, 0.25) is 5.91 Å². The second kappa shape index (κ2) is 8.41. The van der Waals surface area contributed by atoms with Gasteiger partial charge in [-0.25, -0.2) is 0 Å². The molecule has 1 N–H and O–H groups in total. The highest BCUT2D eigenvalue weighted by Crippen LogP contribution is 2.16. The van der Waals surface area contributed by atoms with Crippen molar-refractivity contribution >= 4 is 17.4 Å². The normalized spacial score (nSPS) is 10.9. The van der Waals surface area contributed by atoms with Crippen LogP contribution in [0, 0.1) is 0 Å². The second-order valence-corrected chi connectivity index (χ2v) is 6.13. The fourth-order valence-corrected chi connectivity index (χ4v) is 2.51. The van der Waals surface area contributed by atoms with Crippen molar-refractivity contribution in [3.63, 3.8) is 0 Å². The van der Waals surface area contributed by atoms with Crippen LogP contribution in [-0.4, -0.2) is 29.2 Å². The number of nitrogens with one attached hydrogen (secondary N) is 1. The molecule has 1 amide bonds. The van der Waals surface area contributed by atoms with Crippen LogP contribution in [0.4, 0.5) is 5.69 Å². The number of hydrogen-bond acceptors (Lipinski definition) is 3. The maximum absolute atomic E-state index is 12.4. The zero-order chi connectivity index (χ0) is 17.5. The third kappa shape index (κ3) is 5.03. The molecule has 0 radical (unpaired) electrons. The van der Waals surface area contributed by atoms with Gasteiger partial charge in [-0.3, -0.25) is 14.5 Å². The van der Waals surface area contributed by atoms with Crippen molar-refractivity contribution in [1.82, 2.24) is 4.90 Å². The van der Waals surface area contributed by atoms with Gasteiger partial charge in [0.1, 0.15) is 0 Å². The van der Waals surface area contributed by atoms with Gasteiger partial charge in [0.05, 0.1) is 12.2 Å². The minimum absolute atomic E-state index is 0.0594. The first-order valence-corrected chi connectivity index (χ1v) is 8.15. The van der Waals surface area contributed by atoms with Crippen LogP contribution in [0.5, 0.6) is 0 Å². The number of para-hydroxylation sites is 1. The number of carbonyl (C=O) groups is 2. The molecule has 126 valence electrons. The Morgan fingerprint density at radius 3 is 2.25 bits per heavy atom. The Hall–Kier alpha value is -2.46.